The van der Waals surface area contributed by atoms with Gasteiger partial charge >= 0.3 is 0 Å². The Kier molecular flexibility index (Phi) is 4.91. The Morgan fingerprint density at radius 2 is 2.20 bits per heavy atom. The number of Topliss-reactive ketones (excluding diaryl/α,β-unsaturated/α-hetero) is 1. The highest BCUT2D eigenvalue weighted by molar-refractivity contribution is 9.10. The molecule has 0 spiro atoms. The van der Waals surface area contributed by atoms with E-state index in [2.05, 4.69) is 15.9 Å². The molecule has 1 aromatic rings. The molecule has 0 saturated carbocycles. The predicted molar refractivity (Wildman–Crippen MR) is 59.5 cm³/mol. The van der Waals surface area contributed by atoms with Crippen molar-refractivity contribution < 1.29 is 13.9 Å². The average Bonchev–Trinajstić information content (AvgIpc) is 2.16. The lowest BCUT2D eigenvalue weighted by atomic mass is 10.1. The molecule has 1 rings (SSSR count). The Hall–Kier alpha value is -0.740. The third kappa shape index (κ3) is 4.10. The van der Waals surface area contributed by atoms with Gasteiger partial charge < -0.3 is 4.74 Å². The van der Waals surface area contributed by atoms with Crippen LogP contribution in [0.4, 0.5) is 4.39 Å². The SMILES string of the molecule is CCCOCC(=O)c1cc(F)cc(Br)c1. The van der Waals surface area contributed by atoms with Crippen LogP contribution in [0.25, 0.3) is 0 Å². The summed E-state index contributed by atoms with van der Waals surface area (Å²) in [4.78, 5) is 11.5. The van der Waals surface area contributed by atoms with Crippen molar-refractivity contribution in [2.45, 2.75) is 13.3 Å². The number of halogens is 2. The van der Waals surface area contributed by atoms with Crippen LogP contribution in [0.1, 0.15) is 23.7 Å². The van der Waals surface area contributed by atoms with Gasteiger partial charge in [-0.15, -0.1) is 0 Å². The molecule has 0 atom stereocenters. The summed E-state index contributed by atoms with van der Waals surface area (Å²) in [6.45, 7) is 2.51. The highest BCUT2D eigenvalue weighted by atomic mass is 79.9. The minimum absolute atomic E-state index is 0.00370. The second-order valence-electron chi connectivity index (χ2n) is 3.13. The molecular weight excluding hydrogens is 263 g/mol. The summed E-state index contributed by atoms with van der Waals surface area (Å²) in [5.41, 5.74) is 0.331. The van der Waals surface area contributed by atoms with E-state index in [1.165, 1.54) is 12.1 Å². The van der Waals surface area contributed by atoms with E-state index in [0.29, 0.717) is 16.6 Å². The van der Waals surface area contributed by atoms with Crippen LogP contribution in [-0.2, 0) is 4.74 Å². The summed E-state index contributed by atoms with van der Waals surface area (Å²) in [6.07, 6.45) is 0.861. The molecule has 0 aliphatic rings. The molecule has 1 aromatic carbocycles. The molecule has 0 aliphatic carbocycles. The fraction of sp³-hybridized carbons (Fsp3) is 0.364. The average molecular weight is 275 g/mol. The maximum atomic E-state index is 13.0. The van der Waals surface area contributed by atoms with Crippen molar-refractivity contribution in [1.82, 2.24) is 0 Å². The number of hydrogen-bond donors (Lipinski definition) is 0. The quantitative estimate of drug-likeness (QED) is 0.609. The maximum Gasteiger partial charge on any atom is 0.188 e. The van der Waals surface area contributed by atoms with E-state index in [1.54, 1.807) is 6.07 Å². The van der Waals surface area contributed by atoms with E-state index in [9.17, 15) is 9.18 Å². The van der Waals surface area contributed by atoms with E-state index in [4.69, 9.17) is 4.74 Å². The number of benzene rings is 1. The molecule has 0 heterocycles. The smallest absolute Gasteiger partial charge is 0.188 e. The molecule has 2 nitrogen and oxygen atoms in total. The Bertz CT molecular complexity index is 332. The monoisotopic (exact) mass is 274 g/mol. The lowest BCUT2D eigenvalue weighted by molar-refractivity contribution is 0.0761. The van der Waals surface area contributed by atoms with Gasteiger partial charge in [0.2, 0.25) is 0 Å². The highest BCUT2D eigenvalue weighted by Crippen LogP contribution is 2.15. The zero-order chi connectivity index (χ0) is 11.3. The third-order valence-electron chi connectivity index (χ3n) is 1.77. The number of carbonyl (C=O) groups is 1. The van der Waals surface area contributed by atoms with E-state index in [1.807, 2.05) is 6.92 Å². The van der Waals surface area contributed by atoms with Gasteiger partial charge in [-0.1, -0.05) is 22.9 Å². The van der Waals surface area contributed by atoms with Gasteiger partial charge in [0.15, 0.2) is 5.78 Å². The van der Waals surface area contributed by atoms with Crippen LogP contribution >= 0.6 is 15.9 Å². The van der Waals surface area contributed by atoms with Crippen LogP contribution in [0.3, 0.4) is 0 Å². The lowest BCUT2D eigenvalue weighted by Crippen LogP contribution is -2.09. The molecule has 15 heavy (non-hydrogen) atoms. The fourth-order valence-electron chi connectivity index (χ4n) is 1.11. The van der Waals surface area contributed by atoms with Crippen molar-refractivity contribution in [2.24, 2.45) is 0 Å². The zero-order valence-corrected chi connectivity index (χ0v) is 10.0. The Morgan fingerprint density at radius 1 is 1.47 bits per heavy atom. The summed E-state index contributed by atoms with van der Waals surface area (Å²) in [7, 11) is 0. The van der Waals surface area contributed by atoms with Gasteiger partial charge in [0, 0.05) is 16.6 Å². The first-order valence-electron chi connectivity index (χ1n) is 4.70. The van der Waals surface area contributed by atoms with E-state index >= 15 is 0 Å². The second-order valence-corrected chi connectivity index (χ2v) is 4.05. The first kappa shape index (κ1) is 12.3. The standard InChI is InChI=1S/C11H12BrFO2/c1-2-3-15-7-11(14)8-4-9(12)6-10(13)5-8/h4-6H,2-3,7H2,1H3. The first-order valence-corrected chi connectivity index (χ1v) is 5.50. The topological polar surface area (TPSA) is 26.3 Å². The van der Waals surface area contributed by atoms with Crippen LogP contribution in [0.2, 0.25) is 0 Å². The van der Waals surface area contributed by atoms with Crippen LogP contribution in [0.5, 0.6) is 0 Å². The molecule has 0 radical (unpaired) electrons. The minimum Gasteiger partial charge on any atom is -0.373 e. The van der Waals surface area contributed by atoms with Gasteiger partial charge in [0.05, 0.1) is 0 Å². The van der Waals surface area contributed by atoms with Gasteiger partial charge in [0.25, 0.3) is 0 Å². The fourth-order valence-corrected chi connectivity index (χ4v) is 1.57. The Morgan fingerprint density at radius 3 is 2.80 bits per heavy atom. The minimum atomic E-state index is -0.428. The van der Waals surface area contributed by atoms with Gasteiger partial charge in [-0.3, -0.25) is 4.79 Å². The predicted octanol–water partition coefficient (Wildman–Crippen LogP) is 3.20. The largest absolute Gasteiger partial charge is 0.373 e. The molecule has 0 fully saturated rings. The number of ether oxygens (including phenoxy) is 1. The molecule has 4 heteroatoms. The van der Waals surface area contributed by atoms with Gasteiger partial charge in [0.1, 0.15) is 12.4 Å². The van der Waals surface area contributed by atoms with E-state index in [-0.39, 0.29) is 12.4 Å². The molecule has 0 aliphatic heterocycles. The zero-order valence-electron chi connectivity index (χ0n) is 8.43. The Balaban J connectivity index is 2.65. The molecule has 0 aromatic heterocycles. The molecular formula is C11H12BrFO2. The summed E-state index contributed by atoms with van der Waals surface area (Å²) < 4.78 is 18.6. The van der Waals surface area contributed by atoms with Gasteiger partial charge in [-0.25, -0.2) is 4.39 Å². The molecule has 0 amide bonds. The molecule has 82 valence electrons. The van der Waals surface area contributed by atoms with Crippen molar-refractivity contribution in [2.75, 3.05) is 13.2 Å². The summed E-state index contributed by atoms with van der Waals surface area (Å²) >= 11 is 3.13. The normalized spacial score (nSPS) is 10.3. The first-order chi connectivity index (χ1) is 7.13. The van der Waals surface area contributed by atoms with Crippen molar-refractivity contribution in [1.29, 1.82) is 0 Å². The van der Waals surface area contributed by atoms with Crippen molar-refractivity contribution in [3.8, 4) is 0 Å². The van der Waals surface area contributed by atoms with Crippen LogP contribution in [-0.4, -0.2) is 19.0 Å². The maximum absolute atomic E-state index is 13.0. The molecule has 0 bridgehead atoms. The van der Waals surface area contributed by atoms with Crippen molar-refractivity contribution in [3.63, 3.8) is 0 Å². The Labute approximate surface area is 96.6 Å². The van der Waals surface area contributed by atoms with Crippen molar-refractivity contribution >= 4 is 21.7 Å². The highest BCUT2D eigenvalue weighted by Gasteiger charge is 2.08. The van der Waals surface area contributed by atoms with Gasteiger partial charge in [-0.05, 0) is 24.6 Å². The molecule has 0 N–H and O–H groups in total. The molecule has 0 unspecified atom stereocenters. The lowest BCUT2D eigenvalue weighted by Gasteiger charge is -2.03. The number of hydrogen-bond acceptors (Lipinski definition) is 2. The van der Waals surface area contributed by atoms with E-state index < -0.39 is 5.82 Å². The molecule has 0 saturated heterocycles. The number of ketones is 1. The summed E-state index contributed by atoms with van der Waals surface area (Å²) in [6, 6.07) is 4.10. The van der Waals surface area contributed by atoms with Crippen LogP contribution in [0.15, 0.2) is 22.7 Å². The number of carbonyl (C=O) groups excluding carboxylic acids is 1. The van der Waals surface area contributed by atoms with Crippen LogP contribution in [0, 0.1) is 5.82 Å². The summed E-state index contributed by atoms with van der Waals surface area (Å²) in [5, 5.41) is 0. The number of rotatable bonds is 5. The third-order valence-corrected chi connectivity index (χ3v) is 2.22. The second kappa shape index (κ2) is 5.98. The van der Waals surface area contributed by atoms with Crippen molar-refractivity contribution in [3.05, 3.63) is 34.1 Å². The van der Waals surface area contributed by atoms with Gasteiger partial charge in [-0.2, -0.15) is 0 Å². The van der Waals surface area contributed by atoms with E-state index in [0.717, 1.165) is 6.42 Å². The van der Waals surface area contributed by atoms with Crippen LogP contribution < -0.4 is 0 Å². The summed E-state index contributed by atoms with van der Waals surface area (Å²) in [5.74, 6) is -0.633.